The van der Waals surface area contributed by atoms with Gasteiger partial charge in [-0.15, -0.1) is 22.7 Å². The predicted octanol–water partition coefficient (Wildman–Crippen LogP) is 4.21. The first-order chi connectivity index (χ1) is 10.5. The molecule has 1 aliphatic heterocycles. The van der Waals surface area contributed by atoms with E-state index < -0.39 is 0 Å². The molecule has 0 saturated carbocycles. The third-order valence-corrected chi connectivity index (χ3v) is 6.46. The first-order valence-electron chi connectivity index (χ1n) is 7.54. The quantitative estimate of drug-likeness (QED) is 0.893. The summed E-state index contributed by atoms with van der Waals surface area (Å²) in [6.45, 7) is 8.93. The minimum Gasteiger partial charge on any atom is -0.331 e. The van der Waals surface area contributed by atoms with Gasteiger partial charge >= 0.3 is 6.03 Å². The Labute approximate surface area is 139 Å². The molecule has 0 aromatic carbocycles. The van der Waals surface area contributed by atoms with Crippen molar-refractivity contribution >= 4 is 28.7 Å². The smallest absolute Gasteiger partial charge is 0.318 e. The van der Waals surface area contributed by atoms with Crippen molar-refractivity contribution in [1.82, 2.24) is 15.2 Å². The largest absolute Gasteiger partial charge is 0.331 e. The molecule has 0 bridgehead atoms. The van der Waals surface area contributed by atoms with Gasteiger partial charge in [0.2, 0.25) is 0 Å². The summed E-state index contributed by atoms with van der Waals surface area (Å²) in [5.41, 5.74) is 2.31. The molecular weight excluding hydrogens is 314 g/mol. The number of hydrogen-bond acceptors (Lipinski definition) is 4. The second-order valence-corrected chi connectivity index (χ2v) is 8.01. The Kier molecular flexibility index (Phi) is 4.23. The van der Waals surface area contributed by atoms with E-state index in [9.17, 15) is 4.79 Å². The topological polar surface area (TPSA) is 45.2 Å². The molecule has 118 valence electrons. The number of thiophene rings is 1. The van der Waals surface area contributed by atoms with Gasteiger partial charge in [0.25, 0.3) is 0 Å². The molecular formula is C16H21N3OS2. The van der Waals surface area contributed by atoms with Gasteiger partial charge in [0.1, 0.15) is 0 Å². The third kappa shape index (κ3) is 2.77. The van der Waals surface area contributed by atoms with Gasteiger partial charge in [-0.1, -0.05) is 0 Å². The molecule has 0 aliphatic carbocycles. The summed E-state index contributed by atoms with van der Waals surface area (Å²) in [5.74, 6) is 0. The Morgan fingerprint density at radius 2 is 2.27 bits per heavy atom. The van der Waals surface area contributed by atoms with Crippen LogP contribution in [-0.4, -0.2) is 22.5 Å². The number of thiazole rings is 1. The molecule has 0 fully saturated rings. The van der Waals surface area contributed by atoms with Crippen molar-refractivity contribution in [1.29, 1.82) is 0 Å². The van der Waals surface area contributed by atoms with Crippen LogP contribution in [-0.2, 0) is 6.42 Å². The molecule has 0 spiro atoms. The summed E-state index contributed by atoms with van der Waals surface area (Å²) in [6.07, 6.45) is 0.956. The molecule has 2 aromatic rings. The van der Waals surface area contributed by atoms with Crippen LogP contribution >= 0.6 is 22.7 Å². The van der Waals surface area contributed by atoms with Crippen LogP contribution in [0.25, 0.3) is 0 Å². The van der Waals surface area contributed by atoms with Crippen molar-refractivity contribution in [2.45, 2.75) is 46.2 Å². The summed E-state index contributed by atoms with van der Waals surface area (Å²) >= 11 is 3.45. The van der Waals surface area contributed by atoms with Crippen molar-refractivity contribution in [2.24, 2.45) is 0 Å². The zero-order chi connectivity index (χ0) is 15.9. The van der Waals surface area contributed by atoms with E-state index in [1.165, 1.54) is 10.4 Å². The number of carbonyl (C=O) groups excluding carboxylic acids is 1. The van der Waals surface area contributed by atoms with Crippen LogP contribution in [0.15, 0.2) is 11.4 Å². The number of hydrogen-bond donors (Lipinski definition) is 1. The Bertz CT molecular complexity index is 691. The van der Waals surface area contributed by atoms with Crippen molar-refractivity contribution in [2.75, 3.05) is 6.54 Å². The molecule has 1 aliphatic rings. The monoisotopic (exact) mass is 335 g/mol. The Balaban J connectivity index is 1.71. The first kappa shape index (κ1) is 15.5. The summed E-state index contributed by atoms with van der Waals surface area (Å²) in [4.78, 5) is 21.6. The van der Waals surface area contributed by atoms with E-state index in [-0.39, 0.29) is 18.1 Å². The van der Waals surface area contributed by atoms with E-state index >= 15 is 0 Å². The van der Waals surface area contributed by atoms with E-state index in [1.807, 2.05) is 25.7 Å². The molecule has 2 atom stereocenters. The molecule has 0 saturated heterocycles. The minimum absolute atomic E-state index is 0.00484. The van der Waals surface area contributed by atoms with Gasteiger partial charge in [-0.2, -0.15) is 0 Å². The van der Waals surface area contributed by atoms with Crippen LogP contribution in [0.5, 0.6) is 0 Å². The molecule has 4 nitrogen and oxygen atoms in total. The Morgan fingerprint density at radius 1 is 1.50 bits per heavy atom. The number of carbonyl (C=O) groups is 1. The predicted molar refractivity (Wildman–Crippen MR) is 91.7 cm³/mol. The molecule has 2 aromatic heterocycles. The van der Waals surface area contributed by atoms with Crippen molar-refractivity contribution < 1.29 is 4.79 Å². The molecule has 3 rings (SSSR count). The van der Waals surface area contributed by atoms with Crippen molar-refractivity contribution in [3.05, 3.63) is 37.5 Å². The fraction of sp³-hybridized carbons (Fsp3) is 0.500. The van der Waals surface area contributed by atoms with Gasteiger partial charge in [0.15, 0.2) is 0 Å². The zero-order valence-corrected chi connectivity index (χ0v) is 15.0. The second kappa shape index (κ2) is 6.01. The maximum Gasteiger partial charge on any atom is 0.318 e. The van der Waals surface area contributed by atoms with Crippen LogP contribution in [0.3, 0.4) is 0 Å². The highest BCUT2D eigenvalue weighted by atomic mass is 32.1. The van der Waals surface area contributed by atoms with Crippen LogP contribution in [0.4, 0.5) is 4.79 Å². The molecule has 1 N–H and O–H groups in total. The van der Waals surface area contributed by atoms with Crippen molar-refractivity contribution in [3.8, 4) is 0 Å². The van der Waals surface area contributed by atoms with E-state index in [4.69, 9.17) is 0 Å². The van der Waals surface area contributed by atoms with Crippen LogP contribution in [0.1, 0.15) is 52.0 Å². The summed E-state index contributed by atoms with van der Waals surface area (Å²) in [7, 11) is 0. The molecule has 2 amide bonds. The van der Waals surface area contributed by atoms with Crippen LogP contribution in [0.2, 0.25) is 0 Å². The highest BCUT2D eigenvalue weighted by Gasteiger charge is 2.29. The Morgan fingerprint density at radius 3 is 2.95 bits per heavy atom. The zero-order valence-electron chi connectivity index (χ0n) is 13.3. The van der Waals surface area contributed by atoms with Gasteiger partial charge in [0, 0.05) is 16.3 Å². The van der Waals surface area contributed by atoms with Crippen molar-refractivity contribution in [3.63, 3.8) is 0 Å². The van der Waals surface area contributed by atoms with E-state index in [2.05, 4.69) is 28.7 Å². The van der Waals surface area contributed by atoms with Gasteiger partial charge < -0.3 is 10.2 Å². The highest BCUT2D eigenvalue weighted by Crippen LogP contribution is 2.33. The number of urea groups is 1. The Hall–Kier alpha value is -1.40. The number of aromatic nitrogens is 1. The molecule has 0 radical (unpaired) electrons. The SMILES string of the molecule is Cc1nc(C)c([C@@H](C)NC(=O)N2CCc3sccc3[C@H]2C)s1. The number of fused-ring (bicyclic) bond motifs is 1. The molecule has 22 heavy (non-hydrogen) atoms. The number of aryl methyl sites for hydroxylation is 2. The van der Waals surface area contributed by atoms with Crippen LogP contribution in [0, 0.1) is 13.8 Å². The number of nitrogens with one attached hydrogen (secondary N) is 1. The fourth-order valence-electron chi connectivity index (χ4n) is 3.07. The fourth-order valence-corrected chi connectivity index (χ4v) is 4.96. The van der Waals surface area contributed by atoms with Gasteiger partial charge in [-0.25, -0.2) is 9.78 Å². The maximum atomic E-state index is 12.6. The molecule has 6 heteroatoms. The third-order valence-electron chi connectivity index (χ3n) is 4.21. The lowest BCUT2D eigenvalue weighted by Gasteiger charge is -2.34. The van der Waals surface area contributed by atoms with Gasteiger partial charge in [0.05, 0.1) is 22.8 Å². The average Bonchev–Trinajstić information content (AvgIpc) is 3.05. The lowest BCUT2D eigenvalue weighted by atomic mass is 10.0. The number of nitrogens with zero attached hydrogens (tertiary/aromatic N) is 2. The lowest BCUT2D eigenvalue weighted by Crippen LogP contribution is -2.45. The first-order valence-corrected chi connectivity index (χ1v) is 9.24. The van der Waals surface area contributed by atoms with Crippen LogP contribution < -0.4 is 5.32 Å². The maximum absolute atomic E-state index is 12.6. The van der Waals surface area contributed by atoms with E-state index in [0.717, 1.165) is 28.5 Å². The van der Waals surface area contributed by atoms with Gasteiger partial charge in [-0.05, 0) is 51.1 Å². The molecule has 3 heterocycles. The summed E-state index contributed by atoms with van der Waals surface area (Å²) < 4.78 is 0. The minimum atomic E-state index is -0.00484. The van der Waals surface area contributed by atoms with E-state index in [0.29, 0.717) is 0 Å². The number of rotatable bonds is 2. The standard InChI is InChI=1S/C16H21N3OS2/c1-9-15(22-12(4)17-9)10(2)18-16(20)19-7-5-14-13(11(19)3)6-8-21-14/h6,8,10-11H,5,7H2,1-4H3,(H,18,20)/t10-,11-/m1/s1. The summed E-state index contributed by atoms with van der Waals surface area (Å²) in [5, 5.41) is 6.30. The number of amides is 2. The lowest BCUT2D eigenvalue weighted by molar-refractivity contribution is 0.172. The second-order valence-electron chi connectivity index (χ2n) is 5.77. The highest BCUT2D eigenvalue weighted by molar-refractivity contribution is 7.11. The normalized spacial score (nSPS) is 18.9. The average molecular weight is 335 g/mol. The van der Waals surface area contributed by atoms with Gasteiger partial charge in [-0.3, -0.25) is 0 Å². The summed E-state index contributed by atoms with van der Waals surface area (Å²) in [6, 6.07) is 2.30. The van der Waals surface area contributed by atoms with E-state index in [1.54, 1.807) is 22.7 Å². The molecule has 0 unspecified atom stereocenters.